The molecule has 1 aliphatic heterocycles. The standard InChI is InChI=1S/C24H32N2O2/c1-18(2)13-26(19(3)27)16-22-15-25(14-21-11-7-8-12-24(21)28)17-23(22)20-9-5-4-6-10-20/h4-12,18,22-23,28H,13-17H2,1-3H3. The Balaban J connectivity index is 1.79. The second kappa shape index (κ2) is 9.24. The maximum Gasteiger partial charge on any atom is 0.219 e. The summed E-state index contributed by atoms with van der Waals surface area (Å²) in [5, 5.41) is 10.2. The third-order valence-electron chi connectivity index (χ3n) is 5.62. The summed E-state index contributed by atoms with van der Waals surface area (Å²) in [6.45, 7) is 10.2. The van der Waals surface area contributed by atoms with E-state index in [1.807, 2.05) is 29.2 Å². The van der Waals surface area contributed by atoms with Gasteiger partial charge in [0.05, 0.1) is 0 Å². The Bertz CT molecular complexity index is 775. The first kappa shape index (κ1) is 20.4. The predicted molar refractivity (Wildman–Crippen MR) is 113 cm³/mol. The zero-order valence-corrected chi connectivity index (χ0v) is 17.2. The molecule has 0 spiro atoms. The van der Waals surface area contributed by atoms with E-state index in [1.165, 1.54) is 5.56 Å². The second-order valence-corrected chi connectivity index (χ2v) is 8.42. The Labute approximate surface area is 168 Å². The number of phenols is 1. The van der Waals surface area contributed by atoms with Crippen molar-refractivity contribution in [1.29, 1.82) is 0 Å². The average molecular weight is 381 g/mol. The molecular formula is C24H32N2O2. The molecule has 28 heavy (non-hydrogen) atoms. The van der Waals surface area contributed by atoms with Crippen molar-refractivity contribution >= 4 is 5.91 Å². The SMILES string of the molecule is CC(=O)N(CC(C)C)CC1CN(Cc2ccccc2O)CC1c1ccccc1. The summed E-state index contributed by atoms with van der Waals surface area (Å²) < 4.78 is 0. The number of para-hydroxylation sites is 1. The zero-order valence-electron chi connectivity index (χ0n) is 17.2. The number of hydrogen-bond donors (Lipinski definition) is 1. The van der Waals surface area contributed by atoms with E-state index in [1.54, 1.807) is 13.0 Å². The van der Waals surface area contributed by atoms with Gasteiger partial charge in [0.15, 0.2) is 0 Å². The topological polar surface area (TPSA) is 43.8 Å². The first-order valence-electron chi connectivity index (χ1n) is 10.2. The van der Waals surface area contributed by atoms with Crippen LogP contribution in [0.2, 0.25) is 0 Å². The zero-order chi connectivity index (χ0) is 20.1. The van der Waals surface area contributed by atoms with E-state index in [0.29, 0.717) is 23.5 Å². The van der Waals surface area contributed by atoms with Gasteiger partial charge < -0.3 is 10.0 Å². The number of amides is 1. The van der Waals surface area contributed by atoms with Crippen molar-refractivity contribution in [3.8, 4) is 5.75 Å². The molecule has 0 bridgehead atoms. The minimum Gasteiger partial charge on any atom is -0.508 e. The molecule has 1 N–H and O–H groups in total. The van der Waals surface area contributed by atoms with Gasteiger partial charge in [-0.15, -0.1) is 0 Å². The number of aromatic hydroxyl groups is 1. The second-order valence-electron chi connectivity index (χ2n) is 8.42. The van der Waals surface area contributed by atoms with Gasteiger partial charge in [0, 0.05) is 51.1 Å². The highest BCUT2D eigenvalue weighted by Crippen LogP contribution is 2.35. The van der Waals surface area contributed by atoms with Crippen LogP contribution in [-0.2, 0) is 11.3 Å². The van der Waals surface area contributed by atoms with Crippen molar-refractivity contribution in [3.63, 3.8) is 0 Å². The fourth-order valence-electron chi connectivity index (χ4n) is 4.29. The number of carbonyl (C=O) groups excluding carboxylic acids is 1. The number of hydrogen-bond acceptors (Lipinski definition) is 3. The van der Waals surface area contributed by atoms with Crippen LogP contribution in [-0.4, -0.2) is 47.0 Å². The number of likely N-dealkylation sites (tertiary alicyclic amines) is 1. The lowest BCUT2D eigenvalue weighted by atomic mass is 9.88. The van der Waals surface area contributed by atoms with Crippen molar-refractivity contribution in [3.05, 3.63) is 65.7 Å². The predicted octanol–water partition coefficient (Wildman–Crippen LogP) is 4.11. The summed E-state index contributed by atoms with van der Waals surface area (Å²) in [7, 11) is 0. The van der Waals surface area contributed by atoms with Gasteiger partial charge in [0.2, 0.25) is 5.91 Å². The van der Waals surface area contributed by atoms with E-state index >= 15 is 0 Å². The van der Waals surface area contributed by atoms with Gasteiger partial charge in [0.1, 0.15) is 5.75 Å². The monoisotopic (exact) mass is 380 g/mol. The van der Waals surface area contributed by atoms with Crippen molar-refractivity contribution in [1.82, 2.24) is 9.80 Å². The van der Waals surface area contributed by atoms with Gasteiger partial charge in [-0.05, 0) is 23.5 Å². The summed E-state index contributed by atoms with van der Waals surface area (Å²) >= 11 is 0. The van der Waals surface area contributed by atoms with Crippen LogP contribution < -0.4 is 0 Å². The van der Waals surface area contributed by atoms with E-state index in [0.717, 1.165) is 38.3 Å². The van der Waals surface area contributed by atoms with Crippen molar-refractivity contribution in [2.75, 3.05) is 26.2 Å². The van der Waals surface area contributed by atoms with Crippen LogP contribution in [0.15, 0.2) is 54.6 Å². The average Bonchev–Trinajstić information content (AvgIpc) is 3.06. The highest BCUT2D eigenvalue weighted by Gasteiger charge is 2.35. The van der Waals surface area contributed by atoms with Crippen LogP contribution in [0.1, 0.15) is 37.8 Å². The van der Waals surface area contributed by atoms with Crippen LogP contribution >= 0.6 is 0 Å². The van der Waals surface area contributed by atoms with Crippen LogP contribution in [0.25, 0.3) is 0 Å². The number of carbonyl (C=O) groups is 1. The summed E-state index contributed by atoms with van der Waals surface area (Å²) in [5.41, 5.74) is 2.29. The van der Waals surface area contributed by atoms with E-state index in [4.69, 9.17) is 0 Å². The molecule has 1 heterocycles. The highest BCUT2D eigenvalue weighted by atomic mass is 16.3. The lowest BCUT2D eigenvalue weighted by molar-refractivity contribution is -0.130. The lowest BCUT2D eigenvalue weighted by Gasteiger charge is -2.29. The van der Waals surface area contributed by atoms with Crippen LogP contribution in [0.4, 0.5) is 0 Å². The van der Waals surface area contributed by atoms with E-state index in [-0.39, 0.29) is 5.91 Å². The van der Waals surface area contributed by atoms with Crippen molar-refractivity contribution < 1.29 is 9.90 Å². The lowest BCUT2D eigenvalue weighted by Crippen LogP contribution is -2.38. The normalized spacial score (nSPS) is 19.9. The molecule has 0 saturated carbocycles. The molecule has 1 saturated heterocycles. The molecule has 0 aromatic heterocycles. The third kappa shape index (κ3) is 5.14. The van der Waals surface area contributed by atoms with Crippen LogP contribution in [0.5, 0.6) is 5.75 Å². The van der Waals surface area contributed by atoms with Gasteiger partial charge in [-0.2, -0.15) is 0 Å². The smallest absolute Gasteiger partial charge is 0.219 e. The Morgan fingerprint density at radius 2 is 1.79 bits per heavy atom. The molecule has 3 rings (SSSR count). The van der Waals surface area contributed by atoms with E-state index < -0.39 is 0 Å². The Kier molecular flexibility index (Phi) is 6.74. The van der Waals surface area contributed by atoms with Gasteiger partial charge in [-0.25, -0.2) is 0 Å². The summed E-state index contributed by atoms with van der Waals surface area (Å²) in [4.78, 5) is 16.6. The Morgan fingerprint density at radius 3 is 2.43 bits per heavy atom. The maximum absolute atomic E-state index is 12.2. The fraction of sp³-hybridized carbons (Fsp3) is 0.458. The fourth-order valence-corrected chi connectivity index (χ4v) is 4.29. The molecule has 2 unspecified atom stereocenters. The number of benzene rings is 2. The highest BCUT2D eigenvalue weighted by molar-refractivity contribution is 5.73. The molecule has 1 amide bonds. The molecular weight excluding hydrogens is 348 g/mol. The minimum atomic E-state index is 0.152. The largest absolute Gasteiger partial charge is 0.508 e. The maximum atomic E-state index is 12.2. The van der Waals surface area contributed by atoms with Crippen molar-refractivity contribution in [2.24, 2.45) is 11.8 Å². The minimum absolute atomic E-state index is 0.152. The van der Waals surface area contributed by atoms with Crippen LogP contribution in [0, 0.1) is 11.8 Å². The molecule has 1 fully saturated rings. The molecule has 150 valence electrons. The van der Waals surface area contributed by atoms with E-state index in [9.17, 15) is 9.90 Å². The first-order valence-corrected chi connectivity index (χ1v) is 10.2. The summed E-state index contributed by atoms with van der Waals surface area (Å²) in [5.74, 6) is 1.74. The molecule has 4 nitrogen and oxygen atoms in total. The molecule has 2 atom stereocenters. The Hall–Kier alpha value is -2.33. The first-order chi connectivity index (χ1) is 13.4. The molecule has 0 radical (unpaired) electrons. The van der Waals surface area contributed by atoms with Gasteiger partial charge in [0.25, 0.3) is 0 Å². The summed E-state index contributed by atoms with van der Waals surface area (Å²) in [6, 6.07) is 18.2. The molecule has 2 aromatic carbocycles. The molecule has 0 aliphatic carbocycles. The number of phenolic OH excluding ortho intramolecular Hbond substituents is 1. The van der Waals surface area contributed by atoms with Crippen molar-refractivity contribution in [2.45, 2.75) is 33.2 Å². The number of nitrogens with zero attached hydrogens (tertiary/aromatic N) is 2. The van der Waals surface area contributed by atoms with Gasteiger partial charge in [-0.3, -0.25) is 9.69 Å². The Morgan fingerprint density at radius 1 is 1.11 bits per heavy atom. The quantitative estimate of drug-likeness (QED) is 0.786. The number of rotatable bonds is 7. The van der Waals surface area contributed by atoms with Crippen LogP contribution in [0.3, 0.4) is 0 Å². The molecule has 2 aromatic rings. The summed E-state index contributed by atoms with van der Waals surface area (Å²) in [6.07, 6.45) is 0. The molecule has 1 aliphatic rings. The van der Waals surface area contributed by atoms with E-state index in [2.05, 4.69) is 43.0 Å². The van der Waals surface area contributed by atoms with Gasteiger partial charge in [-0.1, -0.05) is 62.4 Å². The molecule has 4 heteroatoms. The third-order valence-corrected chi connectivity index (χ3v) is 5.62. The van der Waals surface area contributed by atoms with Gasteiger partial charge >= 0.3 is 0 Å².